The van der Waals surface area contributed by atoms with Crippen molar-refractivity contribution in [3.8, 4) is 0 Å². The molecule has 3 aromatic rings. The summed E-state index contributed by atoms with van der Waals surface area (Å²) in [5.41, 5.74) is 4.26. The summed E-state index contributed by atoms with van der Waals surface area (Å²) in [5.74, 6) is 0.753. The van der Waals surface area contributed by atoms with Crippen molar-refractivity contribution >= 4 is 61.2 Å². The van der Waals surface area contributed by atoms with E-state index in [9.17, 15) is 12.8 Å². The van der Waals surface area contributed by atoms with Crippen LogP contribution in [-0.4, -0.2) is 92.5 Å². The zero-order chi connectivity index (χ0) is 26.0. The van der Waals surface area contributed by atoms with Crippen LogP contribution >= 0.6 is 22.9 Å². The molecule has 2 aliphatic heterocycles. The number of hydrogen-bond donors (Lipinski definition) is 1. The van der Waals surface area contributed by atoms with E-state index in [1.165, 1.54) is 28.9 Å². The number of nitrogens with one attached hydrogen (secondary N) is 1. The van der Waals surface area contributed by atoms with Gasteiger partial charge in [-0.25, -0.2) is 23.2 Å². The summed E-state index contributed by atoms with van der Waals surface area (Å²) < 4.78 is 45.0. The quantitative estimate of drug-likeness (QED) is 0.343. The number of ether oxygens (including phenoxy) is 1. The lowest BCUT2D eigenvalue weighted by Gasteiger charge is -2.32. The normalized spacial score (nSPS) is 18.2. The molecule has 0 bridgehead atoms. The summed E-state index contributed by atoms with van der Waals surface area (Å²) in [5, 5.41) is 4.47. The second-order valence-corrected chi connectivity index (χ2v) is 12.4. The standard InChI is InChI=1S/C23H27ClFN7O3S2/c1-37(33,34)32-6-4-30(5-7-32)15-18-13-20-21(36-18)22(31-8-10-35-11-9-31)28-23(27-20)29-26-14-16-2-3-17(25)12-19(16)24/h2-3,12-14H,4-11,15H2,1H3,(H,27,28,29)/b26-14+. The highest BCUT2D eigenvalue weighted by Crippen LogP contribution is 2.34. The van der Waals surface area contributed by atoms with Crippen molar-refractivity contribution < 1.29 is 17.5 Å². The zero-order valence-electron chi connectivity index (χ0n) is 20.2. The predicted octanol–water partition coefficient (Wildman–Crippen LogP) is 2.84. The molecule has 5 rings (SSSR count). The Morgan fingerprint density at radius 2 is 1.92 bits per heavy atom. The summed E-state index contributed by atoms with van der Waals surface area (Å²) in [6.07, 6.45) is 2.75. The third kappa shape index (κ3) is 6.36. The van der Waals surface area contributed by atoms with Gasteiger partial charge in [0.05, 0.1) is 40.9 Å². The van der Waals surface area contributed by atoms with Gasteiger partial charge in [-0.2, -0.15) is 14.4 Å². The molecule has 198 valence electrons. The molecular weight excluding hydrogens is 541 g/mol. The van der Waals surface area contributed by atoms with E-state index in [0.717, 1.165) is 34.0 Å². The number of aromatic nitrogens is 2. The molecule has 0 atom stereocenters. The summed E-state index contributed by atoms with van der Waals surface area (Å²) >= 11 is 7.74. The highest BCUT2D eigenvalue weighted by Gasteiger charge is 2.25. The Hall–Kier alpha value is -2.42. The minimum atomic E-state index is -3.16. The first-order valence-corrected chi connectivity index (χ1v) is 14.9. The third-order valence-corrected chi connectivity index (χ3v) is 8.96. The fraction of sp³-hybridized carbons (Fsp3) is 0.435. The minimum Gasteiger partial charge on any atom is -0.378 e. The molecule has 37 heavy (non-hydrogen) atoms. The molecule has 2 saturated heterocycles. The monoisotopic (exact) mass is 567 g/mol. The van der Waals surface area contributed by atoms with Crippen LogP contribution in [0.15, 0.2) is 29.4 Å². The van der Waals surface area contributed by atoms with Crippen LogP contribution in [-0.2, 0) is 21.3 Å². The van der Waals surface area contributed by atoms with Crippen LogP contribution in [0.3, 0.4) is 0 Å². The van der Waals surface area contributed by atoms with Crippen LogP contribution in [0, 0.1) is 5.82 Å². The van der Waals surface area contributed by atoms with Crippen LogP contribution in [0.2, 0.25) is 5.02 Å². The molecule has 2 fully saturated rings. The number of fused-ring (bicyclic) bond motifs is 1. The van der Waals surface area contributed by atoms with E-state index in [1.54, 1.807) is 17.4 Å². The fourth-order valence-corrected chi connectivity index (χ4v) is 6.48. The Balaban J connectivity index is 1.37. The summed E-state index contributed by atoms with van der Waals surface area (Å²) in [7, 11) is -3.16. The molecule has 4 heterocycles. The predicted molar refractivity (Wildman–Crippen MR) is 145 cm³/mol. The summed E-state index contributed by atoms with van der Waals surface area (Å²) in [6.45, 7) is 5.75. The summed E-state index contributed by atoms with van der Waals surface area (Å²) in [6, 6.07) is 6.16. The molecule has 14 heteroatoms. The van der Waals surface area contributed by atoms with E-state index in [-0.39, 0.29) is 5.02 Å². The average Bonchev–Trinajstić information content (AvgIpc) is 3.27. The first kappa shape index (κ1) is 26.2. The van der Waals surface area contributed by atoms with Gasteiger partial charge in [-0.3, -0.25) is 4.90 Å². The molecule has 1 aromatic carbocycles. The van der Waals surface area contributed by atoms with E-state index >= 15 is 0 Å². The minimum absolute atomic E-state index is 0.260. The molecule has 0 radical (unpaired) electrons. The van der Waals surface area contributed by atoms with Crippen LogP contribution < -0.4 is 10.3 Å². The number of nitrogens with zero attached hydrogens (tertiary/aromatic N) is 6. The van der Waals surface area contributed by atoms with Crippen molar-refractivity contribution in [1.82, 2.24) is 19.2 Å². The number of morpholine rings is 1. The average molecular weight is 568 g/mol. The molecule has 0 saturated carbocycles. The largest absolute Gasteiger partial charge is 0.378 e. The Labute approximate surface area is 223 Å². The first-order valence-electron chi connectivity index (χ1n) is 11.8. The first-order chi connectivity index (χ1) is 17.8. The van der Waals surface area contributed by atoms with Gasteiger partial charge in [0, 0.05) is 56.3 Å². The number of hydrazone groups is 1. The second kappa shape index (κ2) is 11.1. The molecule has 0 spiro atoms. The smallest absolute Gasteiger partial charge is 0.246 e. The fourth-order valence-electron chi connectivity index (χ4n) is 4.29. The van der Waals surface area contributed by atoms with E-state index in [2.05, 4.69) is 31.4 Å². The number of thiophene rings is 1. The second-order valence-electron chi connectivity index (χ2n) is 8.87. The topological polar surface area (TPSA) is 103 Å². The van der Waals surface area contributed by atoms with Crippen LogP contribution in [0.1, 0.15) is 10.4 Å². The third-order valence-electron chi connectivity index (χ3n) is 6.23. The number of sulfonamides is 1. The molecule has 10 nitrogen and oxygen atoms in total. The van der Waals surface area contributed by atoms with Crippen molar-refractivity contribution in [3.63, 3.8) is 0 Å². The summed E-state index contributed by atoms with van der Waals surface area (Å²) in [4.78, 5) is 15.0. The van der Waals surface area contributed by atoms with E-state index < -0.39 is 15.8 Å². The molecule has 2 aromatic heterocycles. The Kier molecular flexibility index (Phi) is 7.88. The number of rotatable bonds is 7. The SMILES string of the molecule is CS(=O)(=O)N1CCN(Cc2cc3nc(N/N=C/c4ccc(F)cc4Cl)nc(N4CCOCC4)c3s2)CC1. The van der Waals surface area contributed by atoms with Gasteiger partial charge in [0.15, 0.2) is 5.82 Å². The Morgan fingerprint density at radius 1 is 1.16 bits per heavy atom. The maximum atomic E-state index is 13.3. The molecule has 0 aliphatic carbocycles. The lowest BCUT2D eigenvalue weighted by Crippen LogP contribution is -2.47. The zero-order valence-corrected chi connectivity index (χ0v) is 22.6. The van der Waals surface area contributed by atoms with Gasteiger partial charge in [0.2, 0.25) is 16.0 Å². The lowest BCUT2D eigenvalue weighted by atomic mass is 10.2. The van der Waals surface area contributed by atoms with E-state index in [4.69, 9.17) is 21.3 Å². The maximum absolute atomic E-state index is 13.3. The molecule has 1 N–H and O–H groups in total. The number of halogens is 2. The number of anilines is 2. The number of hydrogen-bond acceptors (Lipinski definition) is 10. The van der Waals surface area contributed by atoms with E-state index in [1.807, 2.05) is 0 Å². The van der Waals surface area contributed by atoms with E-state index in [0.29, 0.717) is 57.4 Å². The van der Waals surface area contributed by atoms with Gasteiger partial charge in [0.25, 0.3) is 0 Å². The Bertz CT molecular complexity index is 1400. The van der Waals surface area contributed by atoms with Crippen LogP contribution in [0.5, 0.6) is 0 Å². The molecule has 0 amide bonds. The van der Waals surface area contributed by atoms with Gasteiger partial charge >= 0.3 is 0 Å². The van der Waals surface area contributed by atoms with Gasteiger partial charge in [0.1, 0.15) is 5.82 Å². The number of piperazine rings is 1. The van der Waals surface area contributed by atoms with Crippen molar-refractivity contribution in [2.24, 2.45) is 5.10 Å². The molecule has 0 unspecified atom stereocenters. The highest BCUT2D eigenvalue weighted by atomic mass is 35.5. The lowest BCUT2D eigenvalue weighted by molar-refractivity contribution is 0.122. The molecule has 2 aliphatic rings. The van der Waals surface area contributed by atoms with Gasteiger partial charge in [-0.15, -0.1) is 11.3 Å². The Morgan fingerprint density at radius 3 is 2.62 bits per heavy atom. The van der Waals surface area contributed by atoms with Gasteiger partial charge in [-0.05, 0) is 24.3 Å². The van der Waals surface area contributed by atoms with Gasteiger partial charge in [-0.1, -0.05) is 11.6 Å². The number of benzene rings is 1. The molecular formula is C23H27ClFN7O3S2. The van der Waals surface area contributed by atoms with Crippen molar-refractivity contribution in [2.75, 3.05) is 69.1 Å². The van der Waals surface area contributed by atoms with Crippen LogP contribution in [0.4, 0.5) is 16.2 Å². The maximum Gasteiger partial charge on any atom is 0.246 e. The van der Waals surface area contributed by atoms with Gasteiger partial charge < -0.3 is 9.64 Å². The van der Waals surface area contributed by atoms with Crippen LogP contribution in [0.25, 0.3) is 10.2 Å². The van der Waals surface area contributed by atoms with Crippen molar-refractivity contribution in [2.45, 2.75) is 6.54 Å². The van der Waals surface area contributed by atoms with Crippen molar-refractivity contribution in [1.29, 1.82) is 0 Å². The highest BCUT2D eigenvalue weighted by molar-refractivity contribution is 7.88. The van der Waals surface area contributed by atoms with Crippen molar-refractivity contribution in [3.05, 3.63) is 45.5 Å².